The Kier molecular flexibility index (Phi) is 4.33. The number of hydrogen-bond donors (Lipinski definition) is 1. The first-order chi connectivity index (χ1) is 8.66. The fourth-order valence-corrected chi connectivity index (χ4v) is 2.71. The molecule has 0 atom stereocenters. The van der Waals surface area contributed by atoms with Crippen molar-refractivity contribution in [1.29, 1.82) is 0 Å². The first-order valence-electron chi connectivity index (χ1n) is 5.96. The molecule has 1 aromatic rings. The van der Waals surface area contributed by atoms with Crippen LogP contribution in [0.5, 0.6) is 0 Å². The second-order valence-electron chi connectivity index (χ2n) is 4.37. The SMILES string of the molecule is CN(CCCN1C(=O)CNC1=O)Cc1cccs1. The van der Waals surface area contributed by atoms with Crippen molar-refractivity contribution in [1.82, 2.24) is 15.1 Å². The Morgan fingerprint density at radius 1 is 1.50 bits per heavy atom. The van der Waals surface area contributed by atoms with E-state index in [1.54, 1.807) is 11.3 Å². The highest BCUT2D eigenvalue weighted by molar-refractivity contribution is 7.09. The Hall–Kier alpha value is -1.40. The maximum atomic E-state index is 11.3. The lowest BCUT2D eigenvalue weighted by Crippen LogP contribution is -2.33. The van der Waals surface area contributed by atoms with Crippen molar-refractivity contribution >= 4 is 23.3 Å². The first kappa shape index (κ1) is 13.0. The molecule has 1 aliphatic rings. The zero-order valence-electron chi connectivity index (χ0n) is 10.4. The van der Waals surface area contributed by atoms with Crippen molar-refractivity contribution in [2.75, 3.05) is 26.7 Å². The molecule has 18 heavy (non-hydrogen) atoms. The van der Waals surface area contributed by atoms with E-state index < -0.39 is 0 Å². The summed E-state index contributed by atoms with van der Waals surface area (Å²) in [6, 6.07) is 3.89. The maximum Gasteiger partial charge on any atom is 0.324 e. The Labute approximate surface area is 110 Å². The molecular formula is C12H17N3O2S. The smallest absolute Gasteiger partial charge is 0.324 e. The predicted molar refractivity (Wildman–Crippen MR) is 70.4 cm³/mol. The molecule has 0 spiro atoms. The fourth-order valence-electron chi connectivity index (χ4n) is 1.93. The molecule has 1 N–H and O–H groups in total. The summed E-state index contributed by atoms with van der Waals surface area (Å²) >= 11 is 1.74. The standard InChI is InChI=1S/C12H17N3O2S/c1-14(9-10-4-2-7-18-10)5-3-6-15-11(16)8-13-12(15)17/h2,4,7H,3,5-6,8-9H2,1H3,(H,13,17). The van der Waals surface area contributed by atoms with Gasteiger partial charge in [-0.3, -0.25) is 9.69 Å². The Morgan fingerprint density at radius 2 is 2.33 bits per heavy atom. The molecule has 2 heterocycles. The third-order valence-electron chi connectivity index (χ3n) is 2.86. The number of nitrogens with zero attached hydrogens (tertiary/aromatic N) is 2. The number of carbonyl (C=O) groups is 2. The van der Waals surface area contributed by atoms with Gasteiger partial charge in [0.1, 0.15) is 0 Å². The molecule has 1 fully saturated rings. The van der Waals surface area contributed by atoms with Crippen LogP contribution in [0.2, 0.25) is 0 Å². The number of hydrogen-bond acceptors (Lipinski definition) is 4. The van der Waals surface area contributed by atoms with Gasteiger partial charge in [0, 0.05) is 18.0 Å². The lowest BCUT2D eigenvalue weighted by atomic mass is 10.3. The molecule has 0 radical (unpaired) electrons. The molecule has 1 aromatic heterocycles. The summed E-state index contributed by atoms with van der Waals surface area (Å²) in [5.41, 5.74) is 0. The van der Waals surface area contributed by atoms with Gasteiger partial charge in [-0.25, -0.2) is 4.79 Å². The first-order valence-corrected chi connectivity index (χ1v) is 6.84. The monoisotopic (exact) mass is 267 g/mol. The van der Waals surface area contributed by atoms with Gasteiger partial charge in [0.25, 0.3) is 0 Å². The molecule has 0 unspecified atom stereocenters. The number of carbonyl (C=O) groups excluding carboxylic acids is 2. The molecule has 0 aliphatic carbocycles. The lowest BCUT2D eigenvalue weighted by Gasteiger charge is -2.17. The summed E-state index contributed by atoms with van der Waals surface area (Å²) in [6.45, 7) is 2.43. The fraction of sp³-hybridized carbons (Fsp3) is 0.500. The number of rotatable bonds is 6. The van der Waals surface area contributed by atoms with Crippen LogP contribution in [-0.2, 0) is 11.3 Å². The van der Waals surface area contributed by atoms with E-state index >= 15 is 0 Å². The van der Waals surface area contributed by atoms with E-state index in [1.807, 2.05) is 13.1 Å². The number of thiophene rings is 1. The minimum atomic E-state index is -0.263. The molecule has 5 nitrogen and oxygen atoms in total. The highest BCUT2D eigenvalue weighted by atomic mass is 32.1. The van der Waals surface area contributed by atoms with Crippen LogP contribution < -0.4 is 5.32 Å². The summed E-state index contributed by atoms with van der Waals surface area (Å²) in [5, 5.41) is 4.59. The summed E-state index contributed by atoms with van der Waals surface area (Å²) < 4.78 is 0. The van der Waals surface area contributed by atoms with Crippen LogP contribution in [0.15, 0.2) is 17.5 Å². The average molecular weight is 267 g/mol. The van der Waals surface area contributed by atoms with E-state index in [2.05, 4.69) is 21.7 Å². The van der Waals surface area contributed by atoms with Crippen molar-refractivity contribution in [3.05, 3.63) is 22.4 Å². The van der Waals surface area contributed by atoms with Crippen molar-refractivity contribution in [2.24, 2.45) is 0 Å². The predicted octanol–water partition coefficient (Wildman–Crippen LogP) is 1.12. The topological polar surface area (TPSA) is 52.6 Å². The summed E-state index contributed by atoms with van der Waals surface area (Å²) in [7, 11) is 2.05. The van der Waals surface area contributed by atoms with E-state index in [4.69, 9.17) is 0 Å². The number of amides is 3. The van der Waals surface area contributed by atoms with Crippen molar-refractivity contribution < 1.29 is 9.59 Å². The van der Waals surface area contributed by atoms with Gasteiger partial charge >= 0.3 is 6.03 Å². The summed E-state index contributed by atoms with van der Waals surface area (Å²) in [6.07, 6.45) is 0.807. The van der Waals surface area contributed by atoms with Crippen molar-refractivity contribution in [3.8, 4) is 0 Å². The van der Waals surface area contributed by atoms with Crippen LogP contribution >= 0.6 is 11.3 Å². The van der Waals surface area contributed by atoms with Crippen LogP contribution in [0.4, 0.5) is 4.79 Å². The van der Waals surface area contributed by atoms with Crippen LogP contribution in [0.1, 0.15) is 11.3 Å². The second kappa shape index (κ2) is 5.97. The Balaban J connectivity index is 1.69. The molecule has 6 heteroatoms. The quantitative estimate of drug-likeness (QED) is 0.786. The van der Waals surface area contributed by atoms with E-state index in [-0.39, 0.29) is 18.5 Å². The average Bonchev–Trinajstić information content (AvgIpc) is 2.93. The van der Waals surface area contributed by atoms with Gasteiger partial charge in [0.15, 0.2) is 0 Å². The molecule has 0 bridgehead atoms. The Bertz CT molecular complexity index is 403. The molecular weight excluding hydrogens is 250 g/mol. The van der Waals surface area contributed by atoms with E-state index in [9.17, 15) is 9.59 Å². The van der Waals surface area contributed by atoms with Gasteiger partial charge in [-0.15, -0.1) is 11.3 Å². The van der Waals surface area contributed by atoms with Crippen LogP contribution in [-0.4, -0.2) is 48.4 Å². The zero-order chi connectivity index (χ0) is 13.0. The van der Waals surface area contributed by atoms with E-state index in [1.165, 1.54) is 9.78 Å². The maximum absolute atomic E-state index is 11.3. The highest BCUT2D eigenvalue weighted by Gasteiger charge is 2.27. The molecule has 1 aliphatic heterocycles. The number of nitrogens with one attached hydrogen (secondary N) is 1. The zero-order valence-corrected chi connectivity index (χ0v) is 11.2. The normalized spacial score (nSPS) is 15.6. The van der Waals surface area contributed by atoms with Gasteiger partial charge in [0.2, 0.25) is 5.91 Å². The second-order valence-corrected chi connectivity index (χ2v) is 5.41. The largest absolute Gasteiger partial charge is 0.329 e. The van der Waals surface area contributed by atoms with E-state index in [0.29, 0.717) is 6.54 Å². The highest BCUT2D eigenvalue weighted by Crippen LogP contribution is 2.11. The minimum absolute atomic E-state index is 0.124. The van der Waals surface area contributed by atoms with Gasteiger partial charge in [-0.2, -0.15) is 0 Å². The molecule has 3 amide bonds. The summed E-state index contributed by atoms with van der Waals surface area (Å²) in [4.78, 5) is 27.5. The van der Waals surface area contributed by atoms with Gasteiger partial charge in [-0.05, 0) is 31.5 Å². The van der Waals surface area contributed by atoms with Gasteiger partial charge in [0.05, 0.1) is 6.54 Å². The van der Waals surface area contributed by atoms with E-state index in [0.717, 1.165) is 19.5 Å². The summed E-state index contributed by atoms with van der Waals surface area (Å²) in [5.74, 6) is -0.124. The minimum Gasteiger partial charge on any atom is -0.329 e. The van der Waals surface area contributed by atoms with Crippen LogP contribution in [0, 0.1) is 0 Å². The van der Waals surface area contributed by atoms with Crippen LogP contribution in [0.3, 0.4) is 0 Å². The lowest BCUT2D eigenvalue weighted by molar-refractivity contribution is -0.125. The van der Waals surface area contributed by atoms with Gasteiger partial charge < -0.3 is 10.2 Å². The molecule has 0 saturated carbocycles. The number of urea groups is 1. The van der Waals surface area contributed by atoms with Crippen molar-refractivity contribution in [2.45, 2.75) is 13.0 Å². The molecule has 98 valence electrons. The third-order valence-corrected chi connectivity index (χ3v) is 3.73. The molecule has 2 rings (SSSR count). The van der Waals surface area contributed by atoms with Crippen LogP contribution in [0.25, 0.3) is 0 Å². The van der Waals surface area contributed by atoms with Crippen molar-refractivity contribution in [3.63, 3.8) is 0 Å². The van der Waals surface area contributed by atoms with Gasteiger partial charge in [-0.1, -0.05) is 6.07 Å². The Morgan fingerprint density at radius 3 is 2.94 bits per heavy atom. The molecule has 0 aromatic carbocycles. The molecule has 1 saturated heterocycles. The number of imide groups is 1. The third kappa shape index (κ3) is 3.30.